The molecule has 0 radical (unpaired) electrons. The van der Waals surface area contributed by atoms with Crippen LogP contribution in [0.4, 0.5) is 5.82 Å². The number of primary amides is 1. The van der Waals surface area contributed by atoms with E-state index in [1.165, 1.54) is 6.20 Å². The van der Waals surface area contributed by atoms with E-state index < -0.39 is 5.91 Å². The molecule has 3 heterocycles. The van der Waals surface area contributed by atoms with Crippen LogP contribution in [0.2, 0.25) is 0 Å². The van der Waals surface area contributed by atoms with Gasteiger partial charge in [-0.3, -0.25) is 14.6 Å². The highest BCUT2D eigenvalue weighted by atomic mass is 16.2. The summed E-state index contributed by atoms with van der Waals surface area (Å²) in [6.45, 7) is 1.76. The Hall–Kier alpha value is -3.29. The number of imidazole rings is 1. The maximum atomic E-state index is 11.4. The molecule has 8 heteroatoms. The zero-order chi connectivity index (χ0) is 16.4. The summed E-state index contributed by atoms with van der Waals surface area (Å²) in [7, 11) is 0. The van der Waals surface area contributed by atoms with E-state index in [0.717, 1.165) is 0 Å². The first kappa shape index (κ1) is 14.6. The Morgan fingerprint density at radius 1 is 1.30 bits per heavy atom. The molecule has 2 amide bonds. The summed E-state index contributed by atoms with van der Waals surface area (Å²) >= 11 is 0. The molecule has 0 aliphatic rings. The van der Waals surface area contributed by atoms with Crippen molar-refractivity contribution in [1.82, 2.24) is 19.6 Å². The molecule has 0 aliphatic heterocycles. The molecule has 3 aromatic rings. The van der Waals surface area contributed by atoms with Gasteiger partial charge in [0.15, 0.2) is 11.5 Å². The van der Waals surface area contributed by atoms with Crippen molar-refractivity contribution in [3.8, 4) is 11.3 Å². The first-order chi connectivity index (χ1) is 11.1. The third-order valence-corrected chi connectivity index (χ3v) is 3.23. The number of carbonyl (C=O) groups is 2. The van der Waals surface area contributed by atoms with E-state index in [0.29, 0.717) is 34.7 Å². The maximum Gasteiger partial charge on any atom is 0.250 e. The van der Waals surface area contributed by atoms with Crippen molar-refractivity contribution in [3.63, 3.8) is 0 Å². The highest BCUT2D eigenvalue weighted by molar-refractivity contribution is 5.93. The molecule has 3 rings (SSSR count). The number of hydrogen-bond donors (Lipinski definition) is 2. The molecular formula is C15H14N6O2. The molecule has 0 saturated heterocycles. The number of nitrogens with one attached hydrogen (secondary N) is 1. The second-order valence-electron chi connectivity index (χ2n) is 4.88. The maximum absolute atomic E-state index is 11.4. The molecule has 0 aromatic carbocycles. The van der Waals surface area contributed by atoms with E-state index in [4.69, 9.17) is 5.73 Å². The van der Waals surface area contributed by atoms with Gasteiger partial charge in [-0.05, 0) is 18.2 Å². The molecular weight excluding hydrogens is 296 g/mol. The van der Waals surface area contributed by atoms with Gasteiger partial charge in [-0.15, -0.1) is 0 Å². The monoisotopic (exact) mass is 310 g/mol. The third-order valence-electron chi connectivity index (χ3n) is 3.23. The molecule has 3 aromatic heterocycles. The van der Waals surface area contributed by atoms with Crippen molar-refractivity contribution in [2.75, 3.05) is 5.32 Å². The minimum atomic E-state index is -0.548. The number of fused-ring (bicyclic) bond motifs is 1. The second kappa shape index (κ2) is 5.84. The lowest BCUT2D eigenvalue weighted by atomic mass is 10.1. The molecule has 3 N–H and O–H groups in total. The zero-order valence-corrected chi connectivity index (χ0v) is 12.4. The van der Waals surface area contributed by atoms with Gasteiger partial charge in [-0.1, -0.05) is 6.92 Å². The van der Waals surface area contributed by atoms with Gasteiger partial charge in [-0.2, -0.15) is 5.10 Å². The zero-order valence-electron chi connectivity index (χ0n) is 12.4. The molecule has 8 nitrogen and oxygen atoms in total. The van der Waals surface area contributed by atoms with Crippen molar-refractivity contribution in [2.24, 2.45) is 5.73 Å². The van der Waals surface area contributed by atoms with Crippen molar-refractivity contribution >= 4 is 23.3 Å². The molecule has 0 unspecified atom stereocenters. The first-order valence-electron chi connectivity index (χ1n) is 6.98. The van der Waals surface area contributed by atoms with Crippen LogP contribution in [-0.4, -0.2) is 31.4 Å². The van der Waals surface area contributed by atoms with Crippen LogP contribution in [0.1, 0.15) is 23.7 Å². The summed E-state index contributed by atoms with van der Waals surface area (Å²) in [5.74, 6) is -0.231. The number of anilines is 1. The quantitative estimate of drug-likeness (QED) is 0.752. The third kappa shape index (κ3) is 3.00. The van der Waals surface area contributed by atoms with Crippen molar-refractivity contribution in [1.29, 1.82) is 0 Å². The predicted octanol–water partition coefficient (Wildman–Crippen LogP) is 1.24. The normalized spacial score (nSPS) is 10.7. The summed E-state index contributed by atoms with van der Waals surface area (Å²) in [5.41, 5.74) is 7.44. The minimum Gasteiger partial charge on any atom is -0.366 e. The smallest absolute Gasteiger partial charge is 0.250 e. The van der Waals surface area contributed by atoms with E-state index in [2.05, 4.69) is 20.4 Å². The molecule has 0 bridgehead atoms. The highest BCUT2D eigenvalue weighted by Gasteiger charge is 2.09. The minimum absolute atomic E-state index is 0.119. The Kier molecular flexibility index (Phi) is 3.71. The Balaban J connectivity index is 1.98. The molecule has 0 aliphatic carbocycles. The summed E-state index contributed by atoms with van der Waals surface area (Å²) < 4.78 is 1.55. The van der Waals surface area contributed by atoms with E-state index in [1.54, 1.807) is 42.0 Å². The average molecular weight is 310 g/mol. The van der Waals surface area contributed by atoms with Crippen LogP contribution in [0.25, 0.3) is 16.9 Å². The molecule has 116 valence electrons. The molecule has 0 atom stereocenters. The number of aromatic nitrogens is 4. The number of nitrogens with two attached hydrogens (primary N) is 1. The average Bonchev–Trinajstić information content (AvgIpc) is 2.96. The van der Waals surface area contributed by atoms with Gasteiger partial charge < -0.3 is 11.1 Å². The predicted molar refractivity (Wildman–Crippen MR) is 83.7 cm³/mol. The van der Waals surface area contributed by atoms with E-state index in [-0.39, 0.29) is 5.91 Å². The van der Waals surface area contributed by atoms with Gasteiger partial charge in [0.25, 0.3) is 0 Å². The van der Waals surface area contributed by atoms with Crippen molar-refractivity contribution in [3.05, 3.63) is 42.4 Å². The van der Waals surface area contributed by atoms with E-state index in [9.17, 15) is 9.59 Å². The molecule has 23 heavy (non-hydrogen) atoms. The summed E-state index contributed by atoms with van der Waals surface area (Å²) in [6.07, 6.45) is 4.99. The second-order valence-corrected chi connectivity index (χ2v) is 4.88. The SMILES string of the molecule is CCC(=O)Nc1cn2nc(-c3cncc(C(N)=O)c3)ccc2n1. The number of hydrogen-bond acceptors (Lipinski definition) is 5. The topological polar surface area (TPSA) is 115 Å². The lowest BCUT2D eigenvalue weighted by Crippen LogP contribution is -2.11. The number of pyridine rings is 1. The van der Waals surface area contributed by atoms with Crippen molar-refractivity contribution in [2.45, 2.75) is 13.3 Å². The summed E-state index contributed by atoms with van der Waals surface area (Å²) in [6, 6.07) is 5.15. The Morgan fingerprint density at radius 2 is 2.13 bits per heavy atom. The van der Waals surface area contributed by atoms with Crippen LogP contribution in [0, 0.1) is 0 Å². The fourth-order valence-electron chi connectivity index (χ4n) is 2.04. The number of rotatable bonds is 4. The van der Waals surface area contributed by atoms with Gasteiger partial charge in [0, 0.05) is 24.4 Å². The fraction of sp³-hybridized carbons (Fsp3) is 0.133. The van der Waals surface area contributed by atoms with Crippen molar-refractivity contribution < 1.29 is 9.59 Å². The van der Waals surface area contributed by atoms with Gasteiger partial charge in [0.05, 0.1) is 17.5 Å². The van der Waals surface area contributed by atoms with Crippen LogP contribution in [0.5, 0.6) is 0 Å². The lowest BCUT2D eigenvalue weighted by molar-refractivity contribution is -0.115. The van der Waals surface area contributed by atoms with E-state index in [1.807, 2.05) is 0 Å². The van der Waals surface area contributed by atoms with Gasteiger partial charge >= 0.3 is 0 Å². The first-order valence-corrected chi connectivity index (χ1v) is 6.98. The summed E-state index contributed by atoms with van der Waals surface area (Å²) in [4.78, 5) is 30.9. The fourth-order valence-corrected chi connectivity index (χ4v) is 2.04. The van der Waals surface area contributed by atoms with Crippen LogP contribution in [0.15, 0.2) is 36.8 Å². The Morgan fingerprint density at radius 3 is 2.87 bits per heavy atom. The number of amides is 2. The highest BCUT2D eigenvalue weighted by Crippen LogP contribution is 2.18. The van der Waals surface area contributed by atoms with Crippen LogP contribution in [0.3, 0.4) is 0 Å². The van der Waals surface area contributed by atoms with Gasteiger partial charge in [0.2, 0.25) is 11.8 Å². The van der Waals surface area contributed by atoms with E-state index >= 15 is 0 Å². The van der Waals surface area contributed by atoms with Gasteiger partial charge in [-0.25, -0.2) is 9.50 Å². The number of nitrogens with zero attached hydrogens (tertiary/aromatic N) is 4. The molecule has 0 fully saturated rings. The standard InChI is InChI=1S/C15H14N6O2/c1-2-14(22)19-12-8-21-13(18-12)4-3-11(20-21)9-5-10(15(16)23)7-17-6-9/h3-8H,2H2,1H3,(H2,16,23)(H,19,22). The largest absolute Gasteiger partial charge is 0.366 e. The molecule has 0 saturated carbocycles. The number of carbonyl (C=O) groups excluding carboxylic acids is 2. The summed E-state index contributed by atoms with van der Waals surface area (Å²) in [5, 5.41) is 7.09. The van der Waals surface area contributed by atoms with Gasteiger partial charge in [0.1, 0.15) is 0 Å². The Bertz CT molecular complexity index is 902. The Labute approximate surface area is 131 Å². The van der Waals surface area contributed by atoms with Crippen LogP contribution >= 0.6 is 0 Å². The van der Waals surface area contributed by atoms with Crippen LogP contribution < -0.4 is 11.1 Å². The lowest BCUT2D eigenvalue weighted by Gasteiger charge is -2.02. The molecule has 0 spiro atoms. The van der Waals surface area contributed by atoms with Crippen LogP contribution in [-0.2, 0) is 4.79 Å².